The van der Waals surface area contributed by atoms with Crippen molar-refractivity contribution in [3.05, 3.63) is 27.5 Å². The van der Waals surface area contributed by atoms with Gasteiger partial charge in [-0.15, -0.1) is 10.2 Å². The van der Waals surface area contributed by atoms with Crippen LogP contribution >= 0.6 is 23.1 Å². The molecule has 3 heterocycles. The van der Waals surface area contributed by atoms with Crippen molar-refractivity contribution < 1.29 is 18.1 Å². The van der Waals surface area contributed by atoms with E-state index in [1.165, 1.54) is 10.6 Å². The number of nitrogens with two attached hydrogens (primary N) is 1. The normalized spacial score (nSPS) is 12.1. The molecule has 22 heavy (non-hydrogen) atoms. The molecule has 0 fully saturated rings. The molecule has 0 bridgehead atoms. The molecule has 3 aromatic rings. The molecule has 9 nitrogen and oxygen atoms in total. The second-order valence-corrected chi connectivity index (χ2v) is 5.66. The molecule has 0 saturated heterocycles. The van der Waals surface area contributed by atoms with Gasteiger partial charge in [-0.1, -0.05) is 11.3 Å². The summed E-state index contributed by atoms with van der Waals surface area (Å²) in [5.74, 6) is 3.50. The number of halogens is 3. The third kappa shape index (κ3) is 2.25. The summed E-state index contributed by atoms with van der Waals surface area (Å²) < 4.78 is 39.2. The highest BCUT2D eigenvalue weighted by molar-refractivity contribution is 7.99. The van der Waals surface area contributed by atoms with Gasteiger partial charge in [-0.25, -0.2) is 4.68 Å². The monoisotopic (exact) mass is 351 g/mol. The maximum absolute atomic E-state index is 12.6. The zero-order valence-corrected chi connectivity index (χ0v) is 11.8. The Morgan fingerprint density at radius 1 is 1.41 bits per heavy atom. The molecule has 3 rings (SSSR count). The van der Waals surface area contributed by atoms with Gasteiger partial charge in [0.2, 0.25) is 10.2 Å². The van der Waals surface area contributed by atoms with Crippen molar-refractivity contribution in [2.45, 2.75) is 16.4 Å². The van der Waals surface area contributed by atoms with E-state index in [-0.39, 0.29) is 20.7 Å². The zero-order chi connectivity index (χ0) is 16.1. The van der Waals surface area contributed by atoms with Crippen LogP contribution in [0.15, 0.2) is 21.8 Å². The molecule has 3 aromatic heterocycles. The third-order valence-corrected chi connectivity index (χ3v) is 4.17. The number of alkyl halides is 3. The lowest BCUT2D eigenvalue weighted by Crippen LogP contribution is -2.21. The summed E-state index contributed by atoms with van der Waals surface area (Å²) in [6.45, 7) is 0. The summed E-state index contributed by atoms with van der Waals surface area (Å²) in [5.41, 5.74) is 0. The molecule has 116 valence electrons. The first-order chi connectivity index (χ1) is 10.3. The predicted molar refractivity (Wildman–Crippen MR) is 69.0 cm³/mol. The van der Waals surface area contributed by atoms with Gasteiger partial charge in [0.05, 0.1) is 0 Å². The summed E-state index contributed by atoms with van der Waals surface area (Å²) in [4.78, 5) is 14.7. The van der Waals surface area contributed by atoms with E-state index in [0.717, 1.165) is 11.3 Å². The van der Waals surface area contributed by atoms with E-state index in [0.29, 0.717) is 16.7 Å². The van der Waals surface area contributed by atoms with Crippen molar-refractivity contribution in [3.8, 4) is 0 Å². The summed E-state index contributed by atoms with van der Waals surface area (Å²) in [6.07, 6.45) is -3.34. The quantitative estimate of drug-likeness (QED) is 0.434. The van der Waals surface area contributed by atoms with Gasteiger partial charge in [0.15, 0.2) is 0 Å². The number of nitrogen functional groups attached to an aromatic ring is 1. The van der Waals surface area contributed by atoms with Gasteiger partial charge in [0.25, 0.3) is 10.8 Å². The van der Waals surface area contributed by atoms with Crippen molar-refractivity contribution >= 4 is 33.9 Å². The minimum atomic E-state index is -4.78. The minimum Gasteiger partial charge on any atom is -0.358 e. The van der Waals surface area contributed by atoms with E-state index in [1.807, 2.05) is 0 Å². The number of fused-ring (bicyclic) bond motifs is 1. The number of aromatic nitrogens is 5. The summed E-state index contributed by atoms with van der Waals surface area (Å²) in [6, 6.07) is 0. The van der Waals surface area contributed by atoms with Crippen LogP contribution in [-0.4, -0.2) is 29.2 Å². The Bertz CT molecular complexity index is 867. The van der Waals surface area contributed by atoms with Crippen LogP contribution in [0, 0.1) is 10.1 Å². The highest BCUT2D eigenvalue weighted by Gasteiger charge is 2.39. The molecule has 2 N–H and O–H groups in total. The number of hydrogen-bond acceptors (Lipinski definition) is 8. The highest BCUT2D eigenvalue weighted by atomic mass is 32.2. The molecular weight excluding hydrogens is 347 g/mol. The maximum Gasteiger partial charge on any atom is 0.453 e. The molecule has 0 spiro atoms. The Labute approximate surface area is 126 Å². The molecule has 0 radical (unpaired) electrons. The summed E-state index contributed by atoms with van der Waals surface area (Å²) in [7, 11) is 0. The Kier molecular flexibility index (Phi) is 3.21. The van der Waals surface area contributed by atoms with Crippen molar-refractivity contribution in [3.63, 3.8) is 0 Å². The number of hydrogen-bond donors (Lipinski definition) is 1. The molecular formula is C8H4F3N7O2S2. The Morgan fingerprint density at radius 3 is 2.73 bits per heavy atom. The number of rotatable bonds is 3. The van der Waals surface area contributed by atoms with Crippen molar-refractivity contribution in [2.24, 2.45) is 0 Å². The second-order valence-electron chi connectivity index (χ2n) is 3.83. The lowest BCUT2D eigenvalue weighted by molar-refractivity contribution is -0.393. The van der Waals surface area contributed by atoms with Gasteiger partial charge in [-0.2, -0.15) is 22.6 Å². The van der Waals surface area contributed by atoms with Crippen LogP contribution in [0.5, 0.6) is 0 Å². The van der Waals surface area contributed by atoms with Gasteiger partial charge in [-0.3, -0.25) is 0 Å². The van der Waals surface area contributed by atoms with E-state index in [4.69, 9.17) is 5.84 Å². The number of imidazole rings is 1. The molecule has 0 aliphatic carbocycles. The van der Waals surface area contributed by atoms with Gasteiger partial charge in [-0.05, 0) is 16.7 Å². The van der Waals surface area contributed by atoms with Crippen LogP contribution in [0.3, 0.4) is 0 Å². The number of nitro groups is 1. The van der Waals surface area contributed by atoms with E-state index < -0.39 is 16.9 Å². The van der Waals surface area contributed by atoms with E-state index in [9.17, 15) is 23.3 Å². The molecule has 0 unspecified atom stereocenters. The zero-order valence-electron chi connectivity index (χ0n) is 10.2. The average molecular weight is 351 g/mol. The number of thiazole rings is 1. The van der Waals surface area contributed by atoms with E-state index in [2.05, 4.69) is 15.2 Å². The van der Waals surface area contributed by atoms with Crippen LogP contribution in [0.2, 0.25) is 0 Å². The number of nitrogens with zero attached hydrogens (tertiary/aromatic N) is 6. The lowest BCUT2D eigenvalue weighted by Gasteiger charge is -2.05. The van der Waals surface area contributed by atoms with Gasteiger partial charge < -0.3 is 16.0 Å². The fourth-order valence-corrected chi connectivity index (χ4v) is 3.22. The topological polar surface area (TPSA) is 117 Å². The highest BCUT2D eigenvalue weighted by Crippen LogP contribution is 2.36. The van der Waals surface area contributed by atoms with Crippen molar-refractivity contribution in [1.29, 1.82) is 0 Å². The molecule has 0 saturated carbocycles. The SMILES string of the molecule is Nn1c(Sc2nc3sccn3c2[N+](=O)[O-])nnc1C(F)(F)F. The van der Waals surface area contributed by atoms with Crippen LogP contribution in [0.25, 0.3) is 4.96 Å². The van der Waals surface area contributed by atoms with E-state index >= 15 is 0 Å². The molecule has 0 amide bonds. The first-order valence-electron chi connectivity index (χ1n) is 5.34. The lowest BCUT2D eigenvalue weighted by atomic mass is 10.6. The van der Waals surface area contributed by atoms with Gasteiger partial charge in [0.1, 0.15) is 6.20 Å². The standard InChI is InChI=1S/C8H4F3N7O2S2/c9-8(10,11)5-14-15-7(17(5)12)22-3-4(18(19)20)16-1-2-21-6(16)13-3/h1-2H,12H2. The largest absolute Gasteiger partial charge is 0.453 e. The van der Waals surface area contributed by atoms with Crippen LogP contribution in [0.4, 0.5) is 19.0 Å². The second kappa shape index (κ2) is 4.84. The van der Waals surface area contributed by atoms with Crippen LogP contribution < -0.4 is 5.84 Å². The summed E-state index contributed by atoms with van der Waals surface area (Å²) >= 11 is 1.68. The van der Waals surface area contributed by atoms with Crippen LogP contribution in [0.1, 0.15) is 5.82 Å². The Hall–Kier alpha value is -2.35. The first kappa shape index (κ1) is 14.6. The smallest absolute Gasteiger partial charge is 0.358 e. The van der Waals surface area contributed by atoms with Crippen LogP contribution in [-0.2, 0) is 6.18 Å². The summed E-state index contributed by atoms with van der Waals surface area (Å²) in [5, 5.41) is 18.5. The molecule has 0 aliphatic rings. The van der Waals surface area contributed by atoms with Gasteiger partial charge >= 0.3 is 12.0 Å². The van der Waals surface area contributed by atoms with Gasteiger partial charge in [0, 0.05) is 5.38 Å². The van der Waals surface area contributed by atoms with Crippen molar-refractivity contribution in [2.75, 3.05) is 5.84 Å². The van der Waals surface area contributed by atoms with Crippen molar-refractivity contribution in [1.82, 2.24) is 24.3 Å². The average Bonchev–Trinajstić information content (AvgIpc) is 3.03. The molecule has 0 atom stereocenters. The fourth-order valence-electron chi connectivity index (χ4n) is 1.61. The molecule has 0 aliphatic heterocycles. The molecule has 14 heteroatoms. The first-order valence-corrected chi connectivity index (χ1v) is 7.04. The predicted octanol–water partition coefficient (Wildman–Crippen LogP) is 1.78. The Morgan fingerprint density at radius 2 is 2.14 bits per heavy atom. The van der Waals surface area contributed by atoms with E-state index in [1.54, 1.807) is 5.38 Å². The molecule has 0 aromatic carbocycles. The Balaban J connectivity index is 2.04. The maximum atomic E-state index is 12.6. The fraction of sp³-hybridized carbons (Fsp3) is 0.125. The minimum absolute atomic E-state index is 0.121. The third-order valence-electron chi connectivity index (χ3n) is 2.49.